The third-order valence-corrected chi connectivity index (χ3v) is 3.39. The third kappa shape index (κ3) is 4.91. The van der Waals surface area contributed by atoms with Crippen LogP contribution in [0.1, 0.15) is 24.6 Å². The van der Waals surface area contributed by atoms with Gasteiger partial charge in [-0.05, 0) is 33.2 Å². The topological polar surface area (TPSA) is 84.4 Å². The van der Waals surface area contributed by atoms with Gasteiger partial charge in [-0.2, -0.15) is 0 Å². The first-order valence-electron chi connectivity index (χ1n) is 6.47. The standard InChI is InChI=1S/C13H18N4O3S/c1-9(10-5-4-6-19-10)14-11(18)8-21-13-16-15-12(20-13)7-17(2)3/h4-6,9H,7-8H2,1-3H3,(H,14,18)/t9-/m1/s1. The number of nitrogens with one attached hydrogen (secondary N) is 1. The van der Waals surface area contributed by atoms with Gasteiger partial charge in [-0.15, -0.1) is 10.2 Å². The average molecular weight is 310 g/mol. The van der Waals surface area contributed by atoms with Gasteiger partial charge in [0.1, 0.15) is 5.76 Å². The van der Waals surface area contributed by atoms with Crippen LogP contribution in [0.4, 0.5) is 0 Å². The quantitative estimate of drug-likeness (QED) is 0.779. The van der Waals surface area contributed by atoms with E-state index in [1.165, 1.54) is 11.8 Å². The Balaban J connectivity index is 1.77. The maximum atomic E-state index is 11.8. The average Bonchev–Trinajstić information content (AvgIpc) is 3.06. The molecule has 1 N–H and O–H groups in total. The Morgan fingerprint density at radius 3 is 2.95 bits per heavy atom. The predicted molar refractivity (Wildman–Crippen MR) is 77.7 cm³/mol. The summed E-state index contributed by atoms with van der Waals surface area (Å²) < 4.78 is 10.7. The summed E-state index contributed by atoms with van der Waals surface area (Å²) in [5.74, 6) is 1.36. The molecule has 1 amide bonds. The minimum Gasteiger partial charge on any atom is -0.467 e. The van der Waals surface area contributed by atoms with Gasteiger partial charge < -0.3 is 19.1 Å². The van der Waals surface area contributed by atoms with Crippen LogP contribution >= 0.6 is 11.8 Å². The molecule has 2 aromatic rings. The van der Waals surface area contributed by atoms with Crippen LogP contribution in [0.3, 0.4) is 0 Å². The van der Waals surface area contributed by atoms with Crippen LogP contribution in [0.2, 0.25) is 0 Å². The summed E-state index contributed by atoms with van der Waals surface area (Å²) in [4.78, 5) is 13.8. The van der Waals surface area contributed by atoms with Crippen LogP contribution in [-0.2, 0) is 11.3 Å². The van der Waals surface area contributed by atoms with Gasteiger partial charge in [-0.1, -0.05) is 11.8 Å². The molecule has 7 nitrogen and oxygen atoms in total. The second kappa shape index (κ2) is 7.28. The number of aromatic nitrogens is 2. The van der Waals surface area contributed by atoms with E-state index in [1.807, 2.05) is 32.0 Å². The van der Waals surface area contributed by atoms with Crippen molar-refractivity contribution in [2.75, 3.05) is 19.8 Å². The molecule has 2 heterocycles. The SMILES string of the molecule is C[C@@H](NC(=O)CSc1nnc(CN(C)C)o1)c1ccco1. The van der Waals surface area contributed by atoms with Crippen molar-refractivity contribution in [1.29, 1.82) is 0 Å². The van der Waals surface area contributed by atoms with Crippen molar-refractivity contribution in [3.63, 3.8) is 0 Å². The summed E-state index contributed by atoms with van der Waals surface area (Å²) in [6.07, 6.45) is 1.58. The van der Waals surface area contributed by atoms with Crippen LogP contribution in [0.25, 0.3) is 0 Å². The maximum absolute atomic E-state index is 11.8. The predicted octanol–water partition coefficient (Wildman–Crippen LogP) is 1.69. The van der Waals surface area contributed by atoms with Crippen LogP contribution in [0.15, 0.2) is 32.5 Å². The van der Waals surface area contributed by atoms with E-state index in [4.69, 9.17) is 8.83 Å². The molecule has 0 unspecified atom stereocenters. The second-order valence-electron chi connectivity index (χ2n) is 4.79. The van der Waals surface area contributed by atoms with E-state index in [9.17, 15) is 4.79 Å². The van der Waals surface area contributed by atoms with Crippen LogP contribution in [-0.4, -0.2) is 40.9 Å². The summed E-state index contributed by atoms with van der Waals surface area (Å²) in [7, 11) is 3.83. The number of rotatable bonds is 7. The molecule has 0 aliphatic rings. The zero-order chi connectivity index (χ0) is 15.2. The zero-order valence-corrected chi connectivity index (χ0v) is 13.0. The molecule has 2 rings (SSSR count). The van der Waals surface area contributed by atoms with Crippen molar-refractivity contribution >= 4 is 17.7 Å². The molecule has 0 saturated carbocycles. The Morgan fingerprint density at radius 1 is 1.48 bits per heavy atom. The lowest BCUT2D eigenvalue weighted by Crippen LogP contribution is -2.27. The number of carbonyl (C=O) groups excluding carboxylic acids is 1. The molecule has 0 aromatic carbocycles. The molecule has 21 heavy (non-hydrogen) atoms. The van der Waals surface area contributed by atoms with Crippen molar-refractivity contribution < 1.29 is 13.6 Å². The van der Waals surface area contributed by atoms with Crippen molar-refractivity contribution in [1.82, 2.24) is 20.4 Å². The largest absolute Gasteiger partial charge is 0.467 e. The summed E-state index contributed by atoms with van der Waals surface area (Å²) in [6.45, 7) is 2.44. The molecule has 0 aliphatic carbocycles. The number of hydrogen-bond donors (Lipinski definition) is 1. The van der Waals surface area contributed by atoms with E-state index in [0.717, 1.165) is 5.76 Å². The number of thioether (sulfide) groups is 1. The first kappa shape index (κ1) is 15.6. The van der Waals surface area contributed by atoms with Gasteiger partial charge in [0.25, 0.3) is 5.22 Å². The van der Waals surface area contributed by atoms with Gasteiger partial charge in [0, 0.05) is 0 Å². The first-order chi connectivity index (χ1) is 10.0. The molecular weight excluding hydrogens is 292 g/mol. The first-order valence-corrected chi connectivity index (χ1v) is 7.46. The van der Waals surface area contributed by atoms with E-state index in [0.29, 0.717) is 17.7 Å². The maximum Gasteiger partial charge on any atom is 0.277 e. The Kier molecular flexibility index (Phi) is 5.40. The van der Waals surface area contributed by atoms with Crippen molar-refractivity contribution in [3.8, 4) is 0 Å². The van der Waals surface area contributed by atoms with Crippen LogP contribution in [0, 0.1) is 0 Å². The molecule has 0 saturated heterocycles. The fourth-order valence-corrected chi connectivity index (χ4v) is 2.24. The normalized spacial score (nSPS) is 12.6. The van der Waals surface area contributed by atoms with Crippen LogP contribution < -0.4 is 5.32 Å². The third-order valence-electron chi connectivity index (χ3n) is 2.57. The highest BCUT2D eigenvalue weighted by Crippen LogP contribution is 2.17. The fraction of sp³-hybridized carbons (Fsp3) is 0.462. The van der Waals surface area contributed by atoms with E-state index < -0.39 is 0 Å². The van der Waals surface area contributed by atoms with Crippen LogP contribution in [0.5, 0.6) is 0 Å². The molecule has 8 heteroatoms. The van der Waals surface area contributed by atoms with Crippen molar-refractivity contribution in [3.05, 3.63) is 30.0 Å². The number of carbonyl (C=O) groups is 1. The monoisotopic (exact) mass is 310 g/mol. The highest BCUT2D eigenvalue weighted by Gasteiger charge is 2.14. The van der Waals surface area contributed by atoms with E-state index >= 15 is 0 Å². The smallest absolute Gasteiger partial charge is 0.277 e. The Bertz CT molecular complexity index is 568. The minimum absolute atomic E-state index is 0.115. The van der Waals surface area contributed by atoms with Crippen molar-refractivity contribution in [2.24, 2.45) is 0 Å². The highest BCUT2D eigenvalue weighted by molar-refractivity contribution is 7.99. The number of hydrogen-bond acceptors (Lipinski definition) is 7. The molecule has 0 fully saturated rings. The van der Waals surface area contributed by atoms with E-state index in [2.05, 4.69) is 15.5 Å². The summed E-state index contributed by atoms with van der Waals surface area (Å²) in [6, 6.07) is 3.45. The molecule has 2 aromatic heterocycles. The lowest BCUT2D eigenvalue weighted by molar-refractivity contribution is -0.119. The molecule has 0 spiro atoms. The fourth-order valence-electron chi connectivity index (χ4n) is 1.65. The summed E-state index contributed by atoms with van der Waals surface area (Å²) >= 11 is 1.21. The van der Waals surface area contributed by atoms with Gasteiger partial charge in [-0.3, -0.25) is 4.79 Å². The summed E-state index contributed by atoms with van der Waals surface area (Å²) in [5.41, 5.74) is 0. The van der Waals surface area contributed by atoms with Gasteiger partial charge in [0.2, 0.25) is 11.8 Å². The van der Waals surface area contributed by atoms with Gasteiger partial charge in [0.05, 0.1) is 24.6 Å². The Labute approximate surface area is 127 Å². The lowest BCUT2D eigenvalue weighted by Gasteiger charge is -2.10. The molecule has 0 aliphatic heterocycles. The molecule has 0 radical (unpaired) electrons. The van der Waals surface area contributed by atoms with E-state index in [1.54, 1.807) is 12.3 Å². The lowest BCUT2D eigenvalue weighted by atomic mass is 10.2. The Hall–Kier alpha value is -1.80. The highest BCUT2D eigenvalue weighted by atomic mass is 32.2. The van der Waals surface area contributed by atoms with Gasteiger partial charge in [0.15, 0.2) is 0 Å². The zero-order valence-electron chi connectivity index (χ0n) is 12.2. The van der Waals surface area contributed by atoms with Gasteiger partial charge in [-0.25, -0.2) is 0 Å². The number of nitrogens with zero attached hydrogens (tertiary/aromatic N) is 3. The molecule has 0 bridgehead atoms. The second-order valence-corrected chi connectivity index (χ2v) is 5.72. The Morgan fingerprint density at radius 2 is 2.29 bits per heavy atom. The molecular formula is C13H18N4O3S. The summed E-state index contributed by atoms with van der Waals surface area (Å²) in [5, 5.41) is 11.0. The number of amides is 1. The van der Waals surface area contributed by atoms with Gasteiger partial charge >= 0.3 is 0 Å². The number of furan rings is 1. The molecule has 1 atom stereocenters. The van der Waals surface area contributed by atoms with E-state index in [-0.39, 0.29) is 17.7 Å². The minimum atomic E-state index is -0.167. The molecule has 114 valence electrons. The van der Waals surface area contributed by atoms with Crippen molar-refractivity contribution in [2.45, 2.75) is 24.7 Å².